The Kier molecular flexibility index (Phi) is 8.62. The normalized spacial score (nSPS) is 11.0. The van der Waals surface area contributed by atoms with Gasteiger partial charge in [0.2, 0.25) is 0 Å². The summed E-state index contributed by atoms with van der Waals surface area (Å²) in [5, 5.41) is 13.9. The maximum Gasteiger partial charge on any atom is 0.351 e. The maximum atomic E-state index is 14.5. The topological polar surface area (TPSA) is 86.4 Å². The molecule has 0 atom stereocenters. The number of aryl methyl sites for hydroxylation is 3. The Morgan fingerprint density at radius 2 is 1.62 bits per heavy atom. The average molecular weight is 566 g/mol. The number of benzene rings is 4. The lowest BCUT2D eigenvalue weighted by atomic mass is 9.98. The lowest BCUT2D eigenvalue weighted by Gasteiger charge is -2.10. The number of rotatable bonds is 11. The summed E-state index contributed by atoms with van der Waals surface area (Å²) >= 11 is 0. The number of nitrogens with zero attached hydrogens (tertiary/aromatic N) is 3. The number of aliphatic carboxylic acids is 1. The second-order valence-electron chi connectivity index (χ2n) is 10.3. The number of carboxylic acid groups (broad SMARTS) is 1. The van der Waals surface area contributed by atoms with E-state index >= 15 is 0 Å². The summed E-state index contributed by atoms with van der Waals surface area (Å²) in [6, 6.07) is 27.7. The number of carboxylic acids is 1. The molecule has 0 spiro atoms. The van der Waals surface area contributed by atoms with Gasteiger partial charge in [-0.05, 0) is 66.8 Å². The van der Waals surface area contributed by atoms with Crippen LogP contribution in [0.5, 0.6) is 5.75 Å². The van der Waals surface area contributed by atoms with Gasteiger partial charge < -0.3 is 9.84 Å². The number of methoxy groups -OCH3 is 1. The molecule has 0 fully saturated rings. The van der Waals surface area contributed by atoms with Crippen molar-refractivity contribution in [2.45, 2.75) is 39.2 Å². The first-order valence-electron chi connectivity index (χ1n) is 13.8. The molecule has 0 aliphatic carbocycles. The first kappa shape index (κ1) is 28.5. The van der Waals surface area contributed by atoms with Gasteiger partial charge in [-0.3, -0.25) is 9.36 Å². The molecule has 1 heterocycles. The fraction of sp³-hybridized carbons (Fsp3) is 0.206. The highest BCUT2D eigenvalue weighted by Gasteiger charge is 2.16. The molecule has 7 nitrogen and oxygen atoms in total. The molecule has 5 rings (SSSR count). The molecule has 0 radical (unpaired) electrons. The molecule has 0 saturated heterocycles. The Hall–Kier alpha value is -4.98. The summed E-state index contributed by atoms with van der Waals surface area (Å²) in [6.07, 6.45) is 1.93. The molecule has 1 N–H and O–H groups in total. The summed E-state index contributed by atoms with van der Waals surface area (Å²) in [4.78, 5) is 24.7. The zero-order valence-electron chi connectivity index (χ0n) is 23.6. The van der Waals surface area contributed by atoms with Crippen molar-refractivity contribution in [1.29, 1.82) is 0 Å². The predicted molar refractivity (Wildman–Crippen MR) is 160 cm³/mol. The Morgan fingerprint density at radius 1 is 0.905 bits per heavy atom. The highest BCUT2D eigenvalue weighted by molar-refractivity contribution is 5.74. The van der Waals surface area contributed by atoms with Gasteiger partial charge in [-0.25, -0.2) is 9.18 Å². The summed E-state index contributed by atoms with van der Waals surface area (Å²) in [5.41, 5.74) is 5.52. The fourth-order valence-corrected chi connectivity index (χ4v) is 5.01. The van der Waals surface area contributed by atoms with E-state index in [0.717, 1.165) is 35.1 Å². The van der Waals surface area contributed by atoms with E-state index < -0.39 is 5.97 Å². The molecule has 0 aliphatic heterocycles. The molecule has 4 aromatic carbocycles. The first-order valence-corrected chi connectivity index (χ1v) is 13.8. The molecule has 0 aliphatic rings. The van der Waals surface area contributed by atoms with Gasteiger partial charge in [0, 0.05) is 17.5 Å². The van der Waals surface area contributed by atoms with E-state index in [2.05, 4.69) is 5.10 Å². The van der Waals surface area contributed by atoms with Crippen molar-refractivity contribution >= 4 is 5.97 Å². The van der Waals surface area contributed by atoms with E-state index in [9.17, 15) is 19.1 Å². The molecule has 42 heavy (non-hydrogen) atoms. The Labute approximate surface area is 243 Å². The molecule has 0 saturated carbocycles. The van der Waals surface area contributed by atoms with E-state index in [1.807, 2.05) is 67.6 Å². The first-order chi connectivity index (χ1) is 20.3. The fourth-order valence-electron chi connectivity index (χ4n) is 5.01. The van der Waals surface area contributed by atoms with Crippen molar-refractivity contribution < 1.29 is 19.0 Å². The van der Waals surface area contributed by atoms with E-state index in [1.54, 1.807) is 28.8 Å². The van der Waals surface area contributed by atoms with E-state index in [0.29, 0.717) is 34.8 Å². The molecule has 214 valence electrons. The minimum Gasteiger partial charge on any atom is -0.496 e. The zero-order chi connectivity index (χ0) is 29.6. The quantitative estimate of drug-likeness (QED) is 0.212. The molecule has 0 bridgehead atoms. The number of halogens is 1. The summed E-state index contributed by atoms with van der Waals surface area (Å²) < 4.78 is 22.7. The van der Waals surface area contributed by atoms with Gasteiger partial charge in [-0.1, -0.05) is 66.2 Å². The van der Waals surface area contributed by atoms with Gasteiger partial charge in [0.25, 0.3) is 0 Å². The molecule has 8 heteroatoms. The number of ether oxygens (including phenoxy) is 1. The summed E-state index contributed by atoms with van der Waals surface area (Å²) in [5.74, 6) is -0.116. The van der Waals surface area contributed by atoms with Crippen LogP contribution in [0, 0.1) is 12.7 Å². The zero-order valence-corrected chi connectivity index (χ0v) is 23.6. The minimum absolute atomic E-state index is 0.104. The van der Waals surface area contributed by atoms with Crippen molar-refractivity contribution in [3.05, 3.63) is 135 Å². The molecule has 0 amide bonds. The van der Waals surface area contributed by atoms with Crippen LogP contribution in [0.3, 0.4) is 0 Å². The third-order valence-electron chi connectivity index (χ3n) is 7.28. The van der Waals surface area contributed by atoms with Crippen LogP contribution in [0.1, 0.15) is 34.5 Å². The van der Waals surface area contributed by atoms with E-state index in [1.165, 1.54) is 17.9 Å². The van der Waals surface area contributed by atoms with Crippen LogP contribution in [-0.2, 0) is 30.6 Å². The lowest BCUT2D eigenvalue weighted by Crippen LogP contribution is -2.25. The monoisotopic (exact) mass is 565 g/mol. The summed E-state index contributed by atoms with van der Waals surface area (Å²) in [7, 11) is 1.53. The highest BCUT2D eigenvalue weighted by Crippen LogP contribution is 2.27. The average Bonchev–Trinajstić information content (AvgIpc) is 3.29. The lowest BCUT2D eigenvalue weighted by molar-refractivity contribution is -0.136. The van der Waals surface area contributed by atoms with Crippen LogP contribution in [0.4, 0.5) is 4.39 Å². The second kappa shape index (κ2) is 12.7. The van der Waals surface area contributed by atoms with E-state index in [-0.39, 0.29) is 24.5 Å². The van der Waals surface area contributed by atoms with Gasteiger partial charge >= 0.3 is 11.7 Å². The number of hydrogen-bond acceptors (Lipinski definition) is 4. The largest absolute Gasteiger partial charge is 0.496 e. The summed E-state index contributed by atoms with van der Waals surface area (Å²) in [6.45, 7) is 2.09. The minimum atomic E-state index is -0.913. The molecule has 0 unspecified atom stereocenters. The smallest absolute Gasteiger partial charge is 0.351 e. The van der Waals surface area contributed by atoms with Crippen LogP contribution >= 0.6 is 0 Å². The van der Waals surface area contributed by atoms with Crippen molar-refractivity contribution in [3.8, 4) is 22.6 Å². The van der Waals surface area contributed by atoms with Gasteiger partial charge in [-0.15, -0.1) is 5.10 Å². The molecule has 5 aromatic rings. The van der Waals surface area contributed by atoms with Gasteiger partial charge in [0.1, 0.15) is 17.4 Å². The number of carbonyl (C=O) groups is 1. The standard InChI is InChI=1S/C34H32FN3O4/c1-23-10-17-29(18-11-23)38-34(41)37(22-27-7-3-4-8-30(27)35)32(36-38)9-5-6-24-12-14-25(15-13-24)26-16-19-31(42-2)28(20-26)21-33(39)40/h3-4,7-8,10-20H,5-6,9,21-22H2,1-2H3,(H,39,40). The maximum absolute atomic E-state index is 14.5. The van der Waals surface area contributed by atoms with Gasteiger partial charge in [0.05, 0.1) is 25.8 Å². The van der Waals surface area contributed by atoms with Gasteiger partial charge in [0.15, 0.2) is 0 Å². The third kappa shape index (κ3) is 6.49. The molecular formula is C34H32FN3O4. The van der Waals surface area contributed by atoms with Crippen molar-refractivity contribution in [3.63, 3.8) is 0 Å². The second-order valence-corrected chi connectivity index (χ2v) is 10.3. The van der Waals surface area contributed by atoms with Crippen LogP contribution in [-0.4, -0.2) is 32.5 Å². The number of hydrogen-bond donors (Lipinski definition) is 1. The van der Waals surface area contributed by atoms with Crippen molar-refractivity contribution in [1.82, 2.24) is 14.3 Å². The molecular weight excluding hydrogens is 533 g/mol. The van der Waals surface area contributed by atoms with Crippen LogP contribution in [0.2, 0.25) is 0 Å². The van der Waals surface area contributed by atoms with Crippen molar-refractivity contribution in [2.75, 3.05) is 7.11 Å². The van der Waals surface area contributed by atoms with E-state index in [4.69, 9.17) is 4.74 Å². The predicted octanol–water partition coefficient (Wildman–Crippen LogP) is 6.01. The van der Waals surface area contributed by atoms with Crippen LogP contribution in [0.25, 0.3) is 16.8 Å². The number of aromatic nitrogens is 3. The van der Waals surface area contributed by atoms with Crippen LogP contribution < -0.4 is 10.4 Å². The molecule has 1 aromatic heterocycles. The Balaban J connectivity index is 1.33. The Morgan fingerprint density at radius 3 is 2.31 bits per heavy atom. The SMILES string of the molecule is COc1ccc(-c2ccc(CCCc3nn(-c4ccc(C)cc4)c(=O)n3Cc3ccccc3F)cc2)cc1CC(=O)O. The van der Waals surface area contributed by atoms with Crippen LogP contribution in [0.15, 0.2) is 95.8 Å². The third-order valence-corrected chi connectivity index (χ3v) is 7.28. The highest BCUT2D eigenvalue weighted by atomic mass is 19.1. The van der Waals surface area contributed by atoms with Gasteiger partial charge in [-0.2, -0.15) is 4.68 Å². The van der Waals surface area contributed by atoms with Crippen molar-refractivity contribution in [2.24, 2.45) is 0 Å². The Bertz CT molecular complexity index is 1760.